The summed E-state index contributed by atoms with van der Waals surface area (Å²) in [7, 11) is 1.32. The molecule has 3 N–H and O–H groups in total. The number of benzene rings is 1. The maximum atomic E-state index is 12.4. The summed E-state index contributed by atoms with van der Waals surface area (Å²) >= 11 is 0. The topological polar surface area (TPSA) is 58.4 Å². The molecule has 1 aromatic rings. The van der Waals surface area contributed by atoms with Gasteiger partial charge >= 0.3 is 6.18 Å². The zero-order valence-electron chi connectivity index (χ0n) is 10.3. The van der Waals surface area contributed by atoms with E-state index < -0.39 is 12.7 Å². The Morgan fingerprint density at radius 2 is 2.05 bits per heavy atom. The average molecular weight is 273 g/mol. The molecule has 1 aliphatic heterocycles. The molecule has 104 valence electrons. The van der Waals surface area contributed by atoms with Crippen LogP contribution in [0.1, 0.15) is 12.0 Å². The molecule has 0 atom stereocenters. The molecule has 1 amide bonds. The Morgan fingerprint density at radius 3 is 2.68 bits per heavy atom. The van der Waals surface area contributed by atoms with Crippen molar-refractivity contribution in [1.82, 2.24) is 0 Å². The van der Waals surface area contributed by atoms with Gasteiger partial charge in [-0.05, 0) is 24.1 Å². The third-order valence-electron chi connectivity index (χ3n) is 2.98. The lowest BCUT2D eigenvalue weighted by Gasteiger charge is -2.25. The summed E-state index contributed by atoms with van der Waals surface area (Å²) in [5.41, 5.74) is 7.70. The molecule has 0 unspecified atom stereocenters. The first-order valence-electron chi connectivity index (χ1n) is 5.76. The van der Waals surface area contributed by atoms with Crippen LogP contribution in [0.2, 0.25) is 0 Å². The molecule has 19 heavy (non-hydrogen) atoms. The number of hydrogen-bond donors (Lipinski definition) is 2. The highest BCUT2D eigenvalue weighted by molar-refractivity contribution is 5.95. The lowest BCUT2D eigenvalue weighted by Crippen LogP contribution is -2.31. The molecule has 1 aromatic carbocycles. The van der Waals surface area contributed by atoms with Crippen LogP contribution in [0.4, 0.5) is 30.2 Å². The molecular formula is C12H14F3N3O. The maximum Gasteiger partial charge on any atom is 0.405 e. The molecule has 0 fully saturated rings. The Hall–Kier alpha value is -1.92. The van der Waals surface area contributed by atoms with Crippen LogP contribution in [0.3, 0.4) is 0 Å². The van der Waals surface area contributed by atoms with E-state index in [9.17, 15) is 18.0 Å². The van der Waals surface area contributed by atoms with Gasteiger partial charge in [-0.15, -0.1) is 0 Å². The van der Waals surface area contributed by atoms with E-state index in [0.717, 1.165) is 10.5 Å². The van der Waals surface area contributed by atoms with E-state index in [0.29, 0.717) is 18.5 Å². The summed E-state index contributed by atoms with van der Waals surface area (Å²) in [6.07, 6.45) is -3.39. The number of rotatable bonds is 2. The summed E-state index contributed by atoms with van der Waals surface area (Å²) in [6.45, 7) is -1.09. The molecular weight excluding hydrogens is 259 g/mol. The van der Waals surface area contributed by atoms with E-state index in [4.69, 9.17) is 5.73 Å². The molecule has 0 radical (unpaired) electrons. The summed E-state index contributed by atoms with van der Waals surface area (Å²) < 4.78 is 37.1. The number of alkyl halides is 3. The van der Waals surface area contributed by atoms with E-state index in [2.05, 4.69) is 5.32 Å². The van der Waals surface area contributed by atoms with E-state index >= 15 is 0 Å². The van der Waals surface area contributed by atoms with Gasteiger partial charge in [-0.1, -0.05) is 0 Å². The zero-order chi connectivity index (χ0) is 14.2. The highest BCUT2D eigenvalue weighted by Gasteiger charge is 2.30. The monoisotopic (exact) mass is 273 g/mol. The number of aryl methyl sites for hydroxylation is 1. The molecule has 7 heteroatoms. The first kappa shape index (κ1) is 13.5. The first-order valence-corrected chi connectivity index (χ1v) is 5.76. The molecule has 0 aliphatic carbocycles. The van der Waals surface area contributed by atoms with Gasteiger partial charge in [0.1, 0.15) is 6.54 Å². The molecule has 1 aliphatic rings. The number of hydrogen-bond acceptors (Lipinski definition) is 3. The zero-order valence-corrected chi connectivity index (χ0v) is 10.3. The van der Waals surface area contributed by atoms with Crippen LogP contribution < -0.4 is 16.0 Å². The van der Waals surface area contributed by atoms with Gasteiger partial charge in [0.05, 0.1) is 11.4 Å². The van der Waals surface area contributed by atoms with Crippen molar-refractivity contribution in [3.63, 3.8) is 0 Å². The summed E-state index contributed by atoms with van der Waals surface area (Å²) in [4.78, 5) is 12.3. The fourth-order valence-electron chi connectivity index (χ4n) is 2.12. The lowest BCUT2D eigenvalue weighted by molar-refractivity contribution is -0.119. The van der Waals surface area contributed by atoms with Crippen molar-refractivity contribution in [2.24, 2.45) is 0 Å². The molecule has 0 spiro atoms. The third-order valence-corrected chi connectivity index (χ3v) is 2.98. The van der Waals surface area contributed by atoms with Gasteiger partial charge in [0.2, 0.25) is 5.91 Å². The largest absolute Gasteiger partial charge is 0.405 e. The maximum absolute atomic E-state index is 12.4. The smallest absolute Gasteiger partial charge is 0.397 e. The van der Waals surface area contributed by atoms with Crippen molar-refractivity contribution in [3.05, 3.63) is 17.7 Å². The summed E-state index contributed by atoms with van der Waals surface area (Å²) in [6, 6.07) is 3.12. The predicted molar refractivity (Wildman–Crippen MR) is 67.1 cm³/mol. The first-order chi connectivity index (χ1) is 8.76. The minimum absolute atomic E-state index is 0.137. The van der Waals surface area contributed by atoms with Crippen LogP contribution in [0, 0.1) is 0 Å². The fraction of sp³-hybridized carbons (Fsp3) is 0.417. The molecule has 0 bridgehead atoms. The molecule has 0 saturated carbocycles. The van der Waals surface area contributed by atoms with Crippen LogP contribution >= 0.6 is 0 Å². The van der Waals surface area contributed by atoms with Crippen LogP contribution in [-0.2, 0) is 11.2 Å². The standard InChI is InChI=1S/C12H14F3N3O/c1-18(6-12(13,14)15)10-5-9-7(4-8(10)16)2-3-11(19)17-9/h4-5H,2-3,6,16H2,1H3,(H,17,19). The number of nitrogens with zero attached hydrogens (tertiary/aromatic N) is 1. The fourth-order valence-corrected chi connectivity index (χ4v) is 2.12. The normalized spacial score (nSPS) is 14.8. The Balaban J connectivity index is 2.31. The predicted octanol–water partition coefficient (Wildman–Crippen LogP) is 2.15. The van der Waals surface area contributed by atoms with Crippen molar-refractivity contribution in [1.29, 1.82) is 0 Å². The van der Waals surface area contributed by atoms with Crippen molar-refractivity contribution in [2.45, 2.75) is 19.0 Å². The summed E-state index contributed by atoms with van der Waals surface area (Å²) in [5, 5.41) is 2.64. The number of nitrogen functional groups attached to an aromatic ring is 1. The molecule has 0 saturated heterocycles. The second-order valence-corrected chi connectivity index (χ2v) is 4.59. The number of halogens is 3. The van der Waals surface area contributed by atoms with Gasteiger partial charge < -0.3 is 16.0 Å². The minimum Gasteiger partial charge on any atom is -0.397 e. The quantitative estimate of drug-likeness (QED) is 0.812. The van der Waals surface area contributed by atoms with E-state index in [1.807, 2.05) is 0 Å². The molecule has 4 nitrogen and oxygen atoms in total. The van der Waals surface area contributed by atoms with Crippen molar-refractivity contribution >= 4 is 23.0 Å². The Bertz CT molecular complexity index is 514. The van der Waals surface area contributed by atoms with E-state index in [-0.39, 0.29) is 17.3 Å². The van der Waals surface area contributed by atoms with Crippen LogP contribution in [0.25, 0.3) is 0 Å². The van der Waals surface area contributed by atoms with Gasteiger partial charge in [-0.3, -0.25) is 4.79 Å². The van der Waals surface area contributed by atoms with Gasteiger partial charge in [0, 0.05) is 19.2 Å². The van der Waals surface area contributed by atoms with E-state index in [1.165, 1.54) is 13.1 Å². The number of nitrogens with two attached hydrogens (primary N) is 1. The van der Waals surface area contributed by atoms with E-state index in [1.54, 1.807) is 6.07 Å². The van der Waals surface area contributed by atoms with Crippen molar-refractivity contribution < 1.29 is 18.0 Å². The minimum atomic E-state index is -4.31. The number of carbonyl (C=O) groups excluding carboxylic acids is 1. The van der Waals surface area contributed by atoms with Gasteiger partial charge in [-0.2, -0.15) is 13.2 Å². The number of anilines is 3. The number of fused-ring (bicyclic) bond motifs is 1. The van der Waals surface area contributed by atoms with Gasteiger partial charge in [0.15, 0.2) is 0 Å². The second-order valence-electron chi connectivity index (χ2n) is 4.59. The Morgan fingerprint density at radius 1 is 1.37 bits per heavy atom. The molecule has 2 rings (SSSR count). The number of nitrogens with one attached hydrogen (secondary N) is 1. The number of amides is 1. The van der Waals surface area contributed by atoms with Crippen molar-refractivity contribution in [3.8, 4) is 0 Å². The van der Waals surface area contributed by atoms with Gasteiger partial charge in [0.25, 0.3) is 0 Å². The van der Waals surface area contributed by atoms with Crippen molar-refractivity contribution in [2.75, 3.05) is 29.5 Å². The van der Waals surface area contributed by atoms with Crippen LogP contribution in [0.5, 0.6) is 0 Å². The Labute approximate surface area is 108 Å². The van der Waals surface area contributed by atoms with Gasteiger partial charge in [-0.25, -0.2) is 0 Å². The highest BCUT2D eigenvalue weighted by atomic mass is 19.4. The lowest BCUT2D eigenvalue weighted by atomic mass is 10.0. The highest BCUT2D eigenvalue weighted by Crippen LogP contribution is 2.33. The van der Waals surface area contributed by atoms with Crippen LogP contribution in [-0.4, -0.2) is 25.7 Å². The number of carbonyl (C=O) groups is 1. The Kier molecular flexibility index (Phi) is 3.30. The average Bonchev–Trinajstić information content (AvgIpc) is 2.26. The molecule has 1 heterocycles. The van der Waals surface area contributed by atoms with Crippen LogP contribution in [0.15, 0.2) is 12.1 Å². The SMILES string of the molecule is CN(CC(F)(F)F)c1cc2c(cc1N)CCC(=O)N2. The third kappa shape index (κ3) is 3.10. The molecule has 0 aromatic heterocycles. The second kappa shape index (κ2) is 4.64. The summed E-state index contributed by atoms with van der Waals surface area (Å²) in [5.74, 6) is -0.137.